The van der Waals surface area contributed by atoms with Gasteiger partial charge in [0.05, 0.1) is 29.3 Å². The molecule has 134 valence electrons. The first-order chi connectivity index (χ1) is 11.2. The Bertz CT molecular complexity index is 590. The number of benzene rings is 1. The molecule has 0 spiro atoms. The van der Waals surface area contributed by atoms with E-state index < -0.39 is 5.60 Å². The molecule has 1 aliphatic rings. The molecule has 0 saturated carbocycles. The molecule has 2 atom stereocenters. The highest BCUT2D eigenvalue weighted by molar-refractivity contribution is 6.42. The van der Waals surface area contributed by atoms with Crippen LogP contribution in [0, 0.1) is 0 Å². The van der Waals surface area contributed by atoms with Crippen molar-refractivity contribution in [2.24, 2.45) is 5.73 Å². The Morgan fingerprint density at radius 2 is 2.17 bits per heavy atom. The minimum Gasteiger partial charge on any atom is -0.444 e. The molecule has 0 aromatic heterocycles. The van der Waals surface area contributed by atoms with E-state index in [0.29, 0.717) is 36.2 Å². The highest BCUT2D eigenvalue weighted by Gasteiger charge is 2.34. The van der Waals surface area contributed by atoms with Crippen molar-refractivity contribution in [2.45, 2.75) is 44.9 Å². The normalized spacial score (nSPS) is 19.9. The zero-order valence-electron chi connectivity index (χ0n) is 14.2. The smallest absolute Gasteiger partial charge is 0.410 e. The van der Waals surface area contributed by atoms with Gasteiger partial charge < -0.3 is 15.2 Å². The van der Waals surface area contributed by atoms with Crippen molar-refractivity contribution < 1.29 is 14.3 Å². The molecule has 1 heterocycles. The van der Waals surface area contributed by atoms with Gasteiger partial charge in [-0.1, -0.05) is 35.3 Å². The lowest BCUT2D eigenvalue weighted by Gasteiger charge is -2.39. The van der Waals surface area contributed by atoms with Gasteiger partial charge in [-0.25, -0.2) is 4.79 Å². The number of hydrogen-bond acceptors (Lipinski definition) is 4. The van der Waals surface area contributed by atoms with Gasteiger partial charge in [-0.2, -0.15) is 0 Å². The van der Waals surface area contributed by atoms with Crippen molar-refractivity contribution in [3.8, 4) is 0 Å². The lowest BCUT2D eigenvalue weighted by atomic mass is 9.99. The van der Waals surface area contributed by atoms with Gasteiger partial charge in [0, 0.05) is 12.6 Å². The molecule has 5 nitrogen and oxygen atoms in total. The molecule has 0 aliphatic carbocycles. The third kappa shape index (κ3) is 4.99. The Kier molecular flexibility index (Phi) is 6.37. The first kappa shape index (κ1) is 19.3. The van der Waals surface area contributed by atoms with E-state index in [1.807, 2.05) is 32.9 Å². The maximum Gasteiger partial charge on any atom is 0.410 e. The second-order valence-corrected chi connectivity index (χ2v) is 7.68. The van der Waals surface area contributed by atoms with E-state index in [9.17, 15) is 4.79 Å². The lowest BCUT2D eigenvalue weighted by molar-refractivity contribution is -0.0378. The Morgan fingerprint density at radius 1 is 1.46 bits per heavy atom. The average Bonchev–Trinajstić information content (AvgIpc) is 2.50. The fourth-order valence-corrected chi connectivity index (χ4v) is 3.02. The van der Waals surface area contributed by atoms with E-state index in [4.69, 9.17) is 38.4 Å². The summed E-state index contributed by atoms with van der Waals surface area (Å²) in [5, 5.41) is 0.987. The molecule has 2 unspecified atom stereocenters. The van der Waals surface area contributed by atoms with Gasteiger partial charge in [0.2, 0.25) is 0 Å². The molecule has 0 bridgehead atoms. The largest absolute Gasteiger partial charge is 0.444 e. The first-order valence-electron chi connectivity index (χ1n) is 7.95. The van der Waals surface area contributed by atoms with Crippen molar-refractivity contribution in [1.29, 1.82) is 0 Å². The van der Waals surface area contributed by atoms with Gasteiger partial charge in [0.1, 0.15) is 5.60 Å². The molecule has 7 heteroatoms. The highest BCUT2D eigenvalue weighted by atomic mass is 35.5. The molecule has 1 saturated heterocycles. The number of nitrogens with zero attached hydrogens (tertiary/aromatic N) is 1. The molecule has 2 rings (SSSR count). The highest BCUT2D eigenvalue weighted by Crippen LogP contribution is 2.27. The molecule has 24 heavy (non-hydrogen) atoms. The summed E-state index contributed by atoms with van der Waals surface area (Å²) in [5.41, 5.74) is 6.66. The van der Waals surface area contributed by atoms with Crippen molar-refractivity contribution in [2.75, 3.05) is 19.8 Å². The number of nitrogens with two attached hydrogens (primary N) is 1. The fourth-order valence-electron chi connectivity index (χ4n) is 2.62. The van der Waals surface area contributed by atoms with E-state index in [0.717, 1.165) is 5.56 Å². The quantitative estimate of drug-likeness (QED) is 0.878. The van der Waals surface area contributed by atoms with E-state index in [1.54, 1.807) is 11.0 Å². The van der Waals surface area contributed by atoms with Crippen LogP contribution in [-0.2, 0) is 15.9 Å². The zero-order valence-corrected chi connectivity index (χ0v) is 15.7. The number of morpholine rings is 1. The molecule has 1 amide bonds. The minimum absolute atomic E-state index is 0.274. The Hall–Kier alpha value is -1.01. The SMILES string of the molecule is CC(C)(C)OC(=O)N1CCOCC1C(N)Cc1cccc(Cl)c1Cl. The molecular weight excluding hydrogens is 351 g/mol. The summed E-state index contributed by atoms with van der Waals surface area (Å²) in [5.74, 6) is 0. The predicted octanol–water partition coefficient (Wildman–Crippen LogP) is 3.50. The van der Waals surface area contributed by atoms with E-state index >= 15 is 0 Å². The molecule has 2 N–H and O–H groups in total. The Balaban J connectivity index is 2.11. The maximum atomic E-state index is 12.4. The Morgan fingerprint density at radius 3 is 2.83 bits per heavy atom. The Labute approximate surface area is 153 Å². The number of hydrogen-bond donors (Lipinski definition) is 1. The number of rotatable bonds is 3. The minimum atomic E-state index is -0.555. The molecule has 1 fully saturated rings. The van der Waals surface area contributed by atoms with Crippen LogP contribution in [0.5, 0.6) is 0 Å². The monoisotopic (exact) mass is 374 g/mol. The molecule has 1 aromatic rings. The van der Waals surface area contributed by atoms with Crippen LogP contribution in [0.3, 0.4) is 0 Å². The van der Waals surface area contributed by atoms with Gasteiger partial charge in [-0.15, -0.1) is 0 Å². The maximum absolute atomic E-state index is 12.4. The predicted molar refractivity (Wildman–Crippen MR) is 95.7 cm³/mol. The summed E-state index contributed by atoms with van der Waals surface area (Å²) >= 11 is 12.3. The lowest BCUT2D eigenvalue weighted by Crippen LogP contribution is -2.58. The van der Waals surface area contributed by atoms with Gasteiger partial charge in [-0.3, -0.25) is 4.90 Å². The summed E-state index contributed by atoms with van der Waals surface area (Å²) in [6, 6.07) is 4.84. The van der Waals surface area contributed by atoms with Crippen LogP contribution in [0.25, 0.3) is 0 Å². The third-order valence-corrected chi connectivity index (χ3v) is 4.63. The molecule has 0 radical (unpaired) electrons. The van der Waals surface area contributed by atoms with E-state index in [-0.39, 0.29) is 18.2 Å². The van der Waals surface area contributed by atoms with Crippen LogP contribution in [0.4, 0.5) is 4.79 Å². The summed E-state index contributed by atoms with van der Waals surface area (Å²) < 4.78 is 11.0. The molecular formula is C17H24Cl2N2O3. The number of carbonyl (C=O) groups is 1. The summed E-state index contributed by atoms with van der Waals surface area (Å²) in [7, 11) is 0. The van der Waals surface area contributed by atoms with Gasteiger partial charge in [-0.05, 0) is 38.8 Å². The van der Waals surface area contributed by atoms with E-state index in [2.05, 4.69) is 0 Å². The summed E-state index contributed by atoms with van der Waals surface area (Å²) in [4.78, 5) is 14.1. The van der Waals surface area contributed by atoms with Crippen LogP contribution in [-0.4, -0.2) is 48.4 Å². The topological polar surface area (TPSA) is 64.8 Å². The van der Waals surface area contributed by atoms with Gasteiger partial charge in [0.25, 0.3) is 0 Å². The number of halogens is 2. The summed E-state index contributed by atoms with van der Waals surface area (Å²) in [6.07, 6.45) is 0.121. The number of ether oxygens (including phenoxy) is 2. The third-order valence-electron chi connectivity index (χ3n) is 3.77. The van der Waals surface area contributed by atoms with Crippen molar-refractivity contribution in [3.05, 3.63) is 33.8 Å². The number of amides is 1. The average molecular weight is 375 g/mol. The van der Waals surface area contributed by atoms with Crippen LogP contribution in [0.2, 0.25) is 10.0 Å². The fraction of sp³-hybridized carbons (Fsp3) is 0.588. The summed E-state index contributed by atoms with van der Waals surface area (Å²) in [6.45, 7) is 6.82. The van der Waals surface area contributed by atoms with Crippen LogP contribution in [0.15, 0.2) is 18.2 Å². The van der Waals surface area contributed by atoms with Crippen molar-refractivity contribution in [3.63, 3.8) is 0 Å². The number of carbonyl (C=O) groups excluding carboxylic acids is 1. The van der Waals surface area contributed by atoms with Crippen LogP contribution < -0.4 is 5.73 Å². The second-order valence-electron chi connectivity index (χ2n) is 6.90. The molecule has 1 aliphatic heterocycles. The van der Waals surface area contributed by atoms with Gasteiger partial charge >= 0.3 is 6.09 Å². The molecule has 1 aromatic carbocycles. The van der Waals surface area contributed by atoms with Crippen molar-refractivity contribution in [1.82, 2.24) is 4.90 Å². The van der Waals surface area contributed by atoms with Crippen LogP contribution >= 0.6 is 23.2 Å². The van der Waals surface area contributed by atoms with Crippen molar-refractivity contribution >= 4 is 29.3 Å². The zero-order chi connectivity index (χ0) is 17.9. The first-order valence-corrected chi connectivity index (χ1v) is 8.70. The van der Waals surface area contributed by atoms with E-state index in [1.165, 1.54) is 0 Å². The standard InChI is InChI=1S/C17H24Cl2N2O3/c1-17(2,3)24-16(22)21-7-8-23-10-14(21)13(20)9-11-5-4-6-12(18)15(11)19/h4-6,13-14H,7-10,20H2,1-3H3. The van der Waals surface area contributed by atoms with Gasteiger partial charge in [0.15, 0.2) is 0 Å². The second kappa shape index (κ2) is 7.91. The van der Waals surface area contributed by atoms with Crippen LogP contribution in [0.1, 0.15) is 26.3 Å².